The average Bonchev–Trinajstić information content (AvgIpc) is 2.96. The number of amides is 1. The van der Waals surface area contributed by atoms with Crippen molar-refractivity contribution in [1.82, 2.24) is 4.31 Å². The summed E-state index contributed by atoms with van der Waals surface area (Å²) in [7, 11) is -3.93. The molecule has 0 aromatic heterocycles. The molecule has 1 N–H and O–H groups in total. The number of piperidine rings is 1. The van der Waals surface area contributed by atoms with Gasteiger partial charge in [0.05, 0.1) is 16.3 Å². The largest absolute Gasteiger partial charge is 0.454 e. The van der Waals surface area contributed by atoms with Gasteiger partial charge in [0.1, 0.15) is 16.4 Å². The summed E-state index contributed by atoms with van der Waals surface area (Å²) in [6.45, 7) is 0.832. The fourth-order valence-electron chi connectivity index (χ4n) is 3.94. The van der Waals surface area contributed by atoms with E-state index >= 15 is 0 Å². The number of sulfonamides is 1. The van der Waals surface area contributed by atoms with E-state index < -0.39 is 15.9 Å². The highest BCUT2D eigenvalue weighted by atomic mass is 35.5. The first-order valence-electron chi connectivity index (χ1n) is 10.6. The van der Waals surface area contributed by atoms with Crippen LogP contribution in [0.4, 0.5) is 5.69 Å². The lowest BCUT2D eigenvalue weighted by Crippen LogP contribution is -2.35. The van der Waals surface area contributed by atoms with Crippen LogP contribution < -0.4 is 14.8 Å². The van der Waals surface area contributed by atoms with Crippen molar-refractivity contribution < 1.29 is 22.7 Å². The maximum Gasteiger partial charge on any atom is 0.259 e. The van der Waals surface area contributed by atoms with Crippen LogP contribution in [-0.2, 0) is 10.0 Å². The molecule has 3 aromatic carbocycles. The first-order valence-corrected chi connectivity index (χ1v) is 12.4. The molecule has 0 aliphatic carbocycles. The molecule has 0 saturated carbocycles. The van der Waals surface area contributed by atoms with Gasteiger partial charge in [-0.2, -0.15) is 4.31 Å². The summed E-state index contributed by atoms with van der Waals surface area (Å²) in [5.41, 5.74) is 0.598. The molecule has 0 unspecified atom stereocenters. The van der Waals surface area contributed by atoms with Gasteiger partial charge in [0.15, 0.2) is 11.5 Å². The molecule has 2 heterocycles. The second-order valence-electron chi connectivity index (χ2n) is 7.84. The molecule has 2 aliphatic rings. The van der Waals surface area contributed by atoms with Gasteiger partial charge >= 0.3 is 0 Å². The SMILES string of the molecule is O=C1Nc2ccccc2Oc2cc(Oc3ccccc3Cl)c(S(=O)(=O)N3CCCCC3)cc21. The lowest BCUT2D eigenvalue weighted by atomic mass is 10.1. The maximum absolute atomic E-state index is 13.6. The summed E-state index contributed by atoms with van der Waals surface area (Å²) in [5.74, 6) is 0.513. The number of carbonyl (C=O) groups excluding carboxylic acids is 1. The van der Waals surface area contributed by atoms with Gasteiger partial charge in [-0.05, 0) is 43.2 Å². The van der Waals surface area contributed by atoms with Crippen molar-refractivity contribution in [3.05, 3.63) is 71.2 Å². The van der Waals surface area contributed by atoms with Crippen molar-refractivity contribution in [3.63, 3.8) is 0 Å². The Hall–Kier alpha value is -3.07. The Morgan fingerprint density at radius 2 is 1.64 bits per heavy atom. The van der Waals surface area contributed by atoms with E-state index in [0.29, 0.717) is 35.3 Å². The van der Waals surface area contributed by atoms with Crippen LogP contribution in [0.5, 0.6) is 23.0 Å². The molecule has 1 saturated heterocycles. The van der Waals surface area contributed by atoms with Crippen LogP contribution in [0.3, 0.4) is 0 Å². The number of nitrogens with one attached hydrogen (secondary N) is 1. The first-order chi connectivity index (χ1) is 15.9. The van der Waals surface area contributed by atoms with Gasteiger partial charge < -0.3 is 14.8 Å². The number of hydrogen-bond donors (Lipinski definition) is 1. The van der Waals surface area contributed by atoms with Gasteiger partial charge in [0.25, 0.3) is 5.91 Å². The Labute approximate surface area is 196 Å². The third-order valence-corrected chi connectivity index (χ3v) is 7.87. The number of para-hydroxylation sites is 3. The van der Waals surface area contributed by atoms with Crippen LogP contribution in [0.1, 0.15) is 29.6 Å². The first kappa shape index (κ1) is 21.8. The second kappa shape index (κ2) is 8.70. The summed E-state index contributed by atoms with van der Waals surface area (Å²) in [5, 5.41) is 3.11. The molecular formula is C24H21ClN2O5S. The number of halogens is 1. The number of fused-ring (bicyclic) bond motifs is 2. The van der Waals surface area contributed by atoms with Crippen LogP contribution in [-0.4, -0.2) is 31.7 Å². The number of benzene rings is 3. The van der Waals surface area contributed by atoms with Crippen LogP contribution in [0.2, 0.25) is 5.02 Å². The van der Waals surface area contributed by atoms with Gasteiger partial charge in [0, 0.05) is 19.2 Å². The zero-order chi connectivity index (χ0) is 23.0. The van der Waals surface area contributed by atoms with Crippen LogP contribution in [0, 0.1) is 0 Å². The Kier molecular flexibility index (Phi) is 5.74. The number of rotatable bonds is 4. The number of hydrogen-bond acceptors (Lipinski definition) is 5. The zero-order valence-electron chi connectivity index (χ0n) is 17.6. The summed E-state index contributed by atoms with van der Waals surface area (Å²) < 4.78 is 40.7. The van der Waals surface area contributed by atoms with Crippen LogP contribution in [0.25, 0.3) is 0 Å². The normalized spacial score (nSPS) is 16.1. The van der Waals surface area contributed by atoms with Crippen LogP contribution in [0.15, 0.2) is 65.6 Å². The van der Waals surface area contributed by atoms with E-state index in [0.717, 1.165) is 19.3 Å². The van der Waals surface area contributed by atoms with E-state index in [4.69, 9.17) is 21.1 Å². The fourth-order valence-corrected chi connectivity index (χ4v) is 5.75. The number of ether oxygens (including phenoxy) is 2. The predicted molar refractivity (Wildman–Crippen MR) is 125 cm³/mol. The van der Waals surface area contributed by atoms with Gasteiger partial charge in [0.2, 0.25) is 10.0 Å². The van der Waals surface area contributed by atoms with E-state index in [-0.39, 0.29) is 22.0 Å². The maximum atomic E-state index is 13.6. The monoisotopic (exact) mass is 484 g/mol. The van der Waals surface area contributed by atoms with Gasteiger partial charge in [-0.1, -0.05) is 42.3 Å². The molecule has 0 bridgehead atoms. The highest BCUT2D eigenvalue weighted by molar-refractivity contribution is 7.89. The van der Waals surface area contributed by atoms with Gasteiger partial charge in [-0.3, -0.25) is 4.79 Å². The minimum atomic E-state index is -3.93. The highest BCUT2D eigenvalue weighted by Gasteiger charge is 2.33. The van der Waals surface area contributed by atoms with E-state index in [1.165, 1.54) is 16.4 Å². The van der Waals surface area contributed by atoms with Crippen molar-refractivity contribution in [3.8, 4) is 23.0 Å². The van der Waals surface area contributed by atoms with Crippen molar-refractivity contribution in [1.29, 1.82) is 0 Å². The third kappa shape index (κ3) is 4.17. The number of carbonyl (C=O) groups is 1. The third-order valence-electron chi connectivity index (χ3n) is 5.64. The molecule has 5 rings (SSSR count). The quantitative estimate of drug-likeness (QED) is 0.516. The molecule has 1 fully saturated rings. The average molecular weight is 485 g/mol. The molecule has 0 atom stereocenters. The Balaban J connectivity index is 1.67. The lowest BCUT2D eigenvalue weighted by Gasteiger charge is -2.27. The number of anilines is 1. The molecule has 33 heavy (non-hydrogen) atoms. The summed E-state index contributed by atoms with van der Waals surface area (Å²) in [6.07, 6.45) is 2.54. The predicted octanol–water partition coefficient (Wildman–Crippen LogP) is 5.66. The highest BCUT2D eigenvalue weighted by Crippen LogP contribution is 2.43. The second-order valence-corrected chi connectivity index (χ2v) is 10.2. The van der Waals surface area contributed by atoms with E-state index in [1.807, 2.05) is 0 Å². The summed E-state index contributed by atoms with van der Waals surface area (Å²) >= 11 is 6.27. The molecule has 7 nitrogen and oxygen atoms in total. The van der Waals surface area contributed by atoms with Crippen molar-refractivity contribution in [2.45, 2.75) is 24.2 Å². The van der Waals surface area contributed by atoms with E-state index in [1.54, 1.807) is 48.5 Å². The Bertz CT molecular complexity index is 1340. The fraction of sp³-hybridized carbons (Fsp3) is 0.208. The summed E-state index contributed by atoms with van der Waals surface area (Å²) in [6, 6.07) is 16.6. The van der Waals surface area contributed by atoms with Gasteiger partial charge in [-0.25, -0.2) is 8.42 Å². The Morgan fingerprint density at radius 3 is 2.42 bits per heavy atom. The minimum absolute atomic E-state index is 0.0413. The molecular weight excluding hydrogens is 464 g/mol. The molecule has 3 aromatic rings. The van der Waals surface area contributed by atoms with Crippen molar-refractivity contribution in [2.75, 3.05) is 18.4 Å². The van der Waals surface area contributed by atoms with Gasteiger partial charge in [-0.15, -0.1) is 0 Å². The Morgan fingerprint density at radius 1 is 0.909 bits per heavy atom. The molecule has 1 amide bonds. The van der Waals surface area contributed by atoms with Crippen molar-refractivity contribution in [2.24, 2.45) is 0 Å². The molecule has 0 radical (unpaired) electrons. The molecule has 2 aliphatic heterocycles. The number of nitrogens with zero attached hydrogens (tertiary/aromatic N) is 1. The van der Waals surface area contributed by atoms with E-state index in [2.05, 4.69) is 5.32 Å². The summed E-state index contributed by atoms with van der Waals surface area (Å²) in [4.78, 5) is 12.9. The molecule has 170 valence electrons. The van der Waals surface area contributed by atoms with Crippen molar-refractivity contribution >= 4 is 33.2 Å². The molecule has 0 spiro atoms. The smallest absolute Gasteiger partial charge is 0.259 e. The standard InChI is InChI=1S/C24H21ClN2O5S/c25-17-8-2-4-10-19(17)31-22-15-21-16(24(28)26-18-9-3-5-11-20(18)32-21)14-23(22)33(29,30)27-12-6-1-7-13-27/h2-5,8-11,14-15H,1,6-7,12-13H2,(H,26,28). The molecule has 9 heteroatoms. The van der Waals surface area contributed by atoms with E-state index in [9.17, 15) is 13.2 Å². The van der Waals surface area contributed by atoms with Crippen LogP contribution >= 0.6 is 11.6 Å². The zero-order valence-corrected chi connectivity index (χ0v) is 19.2. The minimum Gasteiger partial charge on any atom is -0.454 e. The lowest BCUT2D eigenvalue weighted by molar-refractivity contribution is 0.102. The topological polar surface area (TPSA) is 84.9 Å².